The first-order chi connectivity index (χ1) is 6.88. The van der Waals surface area contributed by atoms with E-state index < -0.39 is 5.60 Å². The van der Waals surface area contributed by atoms with Gasteiger partial charge in [0.25, 0.3) is 0 Å². The van der Waals surface area contributed by atoms with Crippen LogP contribution in [0.2, 0.25) is 0 Å². The minimum Gasteiger partial charge on any atom is -0.444 e. The highest BCUT2D eigenvalue weighted by Crippen LogP contribution is 2.37. The third kappa shape index (κ3) is 1.95. The van der Waals surface area contributed by atoms with Crippen molar-refractivity contribution in [2.24, 2.45) is 5.73 Å². The first-order valence-electron chi connectivity index (χ1n) is 5.65. The summed E-state index contributed by atoms with van der Waals surface area (Å²) in [5, 5.41) is 0. The summed E-state index contributed by atoms with van der Waals surface area (Å²) in [6, 6.07) is 0.681. The van der Waals surface area contributed by atoms with Crippen LogP contribution in [0.3, 0.4) is 0 Å². The van der Waals surface area contributed by atoms with Crippen LogP contribution in [0.25, 0.3) is 0 Å². The van der Waals surface area contributed by atoms with Crippen LogP contribution in [0.4, 0.5) is 4.79 Å². The van der Waals surface area contributed by atoms with E-state index in [1.165, 1.54) is 0 Å². The highest BCUT2D eigenvalue weighted by molar-refractivity contribution is 5.70. The second kappa shape index (κ2) is 3.37. The second-order valence-electron chi connectivity index (χ2n) is 5.59. The van der Waals surface area contributed by atoms with Gasteiger partial charge in [-0.15, -0.1) is 0 Å². The molecule has 0 radical (unpaired) electrons. The van der Waals surface area contributed by atoms with Gasteiger partial charge in [-0.05, 0) is 40.0 Å². The van der Waals surface area contributed by atoms with Crippen molar-refractivity contribution >= 4 is 6.09 Å². The molecule has 4 nitrogen and oxygen atoms in total. The first-order valence-corrected chi connectivity index (χ1v) is 5.65. The molecule has 0 saturated carbocycles. The number of ether oxygens (including phenoxy) is 1. The van der Waals surface area contributed by atoms with E-state index in [2.05, 4.69) is 0 Å². The normalized spacial score (nSPS) is 34.7. The third-order valence-electron chi connectivity index (χ3n) is 3.19. The number of rotatable bonds is 0. The minimum atomic E-state index is -0.413. The molecule has 0 aromatic carbocycles. The van der Waals surface area contributed by atoms with Gasteiger partial charge in [-0.2, -0.15) is 0 Å². The number of nitrogens with two attached hydrogens (primary N) is 1. The molecule has 2 bridgehead atoms. The number of nitrogens with zero attached hydrogens (tertiary/aromatic N) is 1. The van der Waals surface area contributed by atoms with Crippen LogP contribution in [0.15, 0.2) is 0 Å². The summed E-state index contributed by atoms with van der Waals surface area (Å²) in [6.07, 6.45) is 2.86. The van der Waals surface area contributed by atoms with Crippen molar-refractivity contribution in [1.29, 1.82) is 0 Å². The molecule has 0 aliphatic carbocycles. The highest BCUT2D eigenvalue weighted by Gasteiger charge is 2.48. The molecule has 2 N–H and O–H groups in total. The Kier molecular flexibility index (Phi) is 2.41. The summed E-state index contributed by atoms with van der Waals surface area (Å²) in [6.45, 7) is 5.68. The fourth-order valence-corrected chi connectivity index (χ4v) is 2.63. The van der Waals surface area contributed by atoms with Gasteiger partial charge in [0.15, 0.2) is 0 Å². The van der Waals surface area contributed by atoms with Gasteiger partial charge in [0.1, 0.15) is 5.60 Å². The van der Waals surface area contributed by atoms with E-state index >= 15 is 0 Å². The molecular weight excluding hydrogens is 192 g/mol. The molecule has 0 spiro atoms. The van der Waals surface area contributed by atoms with Crippen LogP contribution in [0, 0.1) is 0 Å². The van der Waals surface area contributed by atoms with Gasteiger partial charge < -0.3 is 15.4 Å². The molecule has 4 heteroatoms. The zero-order valence-electron chi connectivity index (χ0n) is 9.69. The molecule has 15 heavy (non-hydrogen) atoms. The molecule has 3 atom stereocenters. The fourth-order valence-electron chi connectivity index (χ4n) is 2.63. The molecule has 1 unspecified atom stereocenters. The molecule has 2 fully saturated rings. The summed E-state index contributed by atoms with van der Waals surface area (Å²) in [5.41, 5.74) is 5.55. The molecule has 86 valence electrons. The number of carbonyl (C=O) groups is 1. The average molecular weight is 212 g/mol. The fraction of sp³-hybridized carbons (Fsp3) is 0.909. The molecule has 2 aliphatic rings. The zero-order valence-corrected chi connectivity index (χ0v) is 9.69. The maximum Gasteiger partial charge on any atom is 0.410 e. The number of amides is 1. The van der Waals surface area contributed by atoms with Crippen LogP contribution in [0.1, 0.15) is 40.0 Å². The van der Waals surface area contributed by atoms with Crippen molar-refractivity contribution in [2.75, 3.05) is 0 Å². The Morgan fingerprint density at radius 1 is 1.40 bits per heavy atom. The van der Waals surface area contributed by atoms with Crippen molar-refractivity contribution < 1.29 is 9.53 Å². The standard InChI is InChI=1S/C11H20N2O2/c1-11(2,3)15-10(14)13-7-4-5-9(13)8(12)6-7/h7-9H,4-6,12H2,1-3H3/t7?,8-,9-/m0/s1. The Morgan fingerprint density at radius 2 is 2.07 bits per heavy atom. The van der Waals surface area contributed by atoms with E-state index in [0.717, 1.165) is 19.3 Å². The Morgan fingerprint density at radius 3 is 2.47 bits per heavy atom. The molecule has 2 aliphatic heterocycles. The quantitative estimate of drug-likeness (QED) is 0.661. The molecule has 0 aromatic heterocycles. The predicted molar refractivity (Wildman–Crippen MR) is 57.5 cm³/mol. The van der Waals surface area contributed by atoms with Gasteiger partial charge in [0, 0.05) is 12.1 Å². The van der Waals surface area contributed by atoms with Gasteiger partial charge in [-0.3, -0.25) is 0 Å². The van der Waals surface area contributed by atoms with Crippen molar-refractivity contribution in [2.45, 2.75) is 63.8 Å². The predicted octanol–water partition coefficient (Wildman–Crippen LogP) is 1.49. The van der Waals surface area contributed by atoms with E-state index in [9.17, 15) is 4.79 Å². The molecule has 2 heterocycles. The minimum absolute atomic E-state index is 0.149. The lowest BCUT2D eigenvalue weighted by molar-refractivity contribution is 0.0213. The van der Waals surface area contributed by atoms with Gasteiger partial charge in [-0.25, -0.2) is 4.79 Å². The van der Waals surface area contributed by atoms with E-state index in [1.807, 2.05) is 25.7 Å². The SMILES string of the molecule is CC(C)(C)OC(=O)N1C2CC[C@H]1[C@@H](N)C2. The average Bonchev–Trinajstić information content (AvgIpc) is 2.55. The van der Waals surface area contributed by atoms with Crippen molar-refractivity contribution in [3.63, 3.8) is 0 Å². The monoisotopic (exact) mass is 212 g/mol. The molecule has 2 rings (SSSR count). The summed E-state index contributed by atoms with van der Waals surface area (Å²) >= 11 is 0. The number of carbonyl (C=O) groups excluding carboxylic acids is 1. The lowest BCUT2D eigenvalue weighted by Crippen LogP contribution is -2.43. The number of hydrogen-bond donors (Lipinski definition) is 1. The first kappa shape index (κ1) is 10.7. The van der Waals surface area contributed by atoms with Crippen molar-refractivity contribution in [3.8, 4) is 0 Å². The Balaban J connectivity index is 2.03. The maximum absolute atomic E-state index is 11.9. The summed E-state index contributed by atoms with van der Waals surface area (Å²) in [4.78, 5) is 13.8. The molecule has 2 saturated heterocycles. The topological polar surface area (TPSA) is 55.6 Å². The van der Waals surface area contributed by atoms with Crippen LogP contribution >= 0.6 is 0 Å². The zero-order chi connectivity index (χ0) is 11.2. The van der Waals surface area contributed by atoms with Crippen LogP contribution in [-0.4, -0.2) is 34.7 Å². The summed E-state index contributed by atoms with van der Waals surface area (Å²) in [7, 11) is 0. The van der Waals surface area contributed by atoms with E-state index in [4.69, 9.17) is 10.5 Å². The smallest absolute Gasteiger partial charge is 0.410 e. The van der Waals surface area contributed by atoms with Gasteiger partial charge in [0.2, 0.25) is 0 Å². The van der Waals surface area contributed by atoms with E-state index in [-0.39, 0.29) is 18.2 Å². The van der Waals surface area contributed by atoms with Gasteiger partial charge in [0.05, 0.1) is 6.04 Å². The molecular formula is C11H20N2O2. The van der Waals surface area contributed by atoms with Crippen LogP contribution < -0.4 is 5.73 Å². The van der Waals surface area contributed by atoms with E-state index in [1.54, 1.807) is 0 Å². The largest absolute Gasteiger partial charge is 0.444 e. The third-order valence-corrected chi connectivity index (χ3v) is 3.19. The van der Waals surface area contributed by atoms with Gasteiger partial charge in [-0.1, -0.05) is 0 Å². The van der Waals surface area contributed by atoms with Crippen molar-refractivity contribution in [1.82, 2.24) is 4.90 Å². The lowest BCUT2D eigenvalue weighted by Gasteiger charge is -2.27. The maximum atomic E-state index is 11.9. The van der Waals surface area contributed by atoms with Crippen molar-refractivity contribution in [3.05, 3.63) is 0 Å². The number of hydrogen-bond acceptors (Lipinski definition) is 3. The lowest BCUT2D eigenvalue weighted by atomic mass is 9.97. The van der Waals surface area contributed by atoms with Gasteiger partial charge >= 0.3 is 6.09 Å². The second-order valence-corrected chi connectivity index (χ2v) is 5.59. The molecule has 0 aromatic rings. The highest BCUT2D eigenvalue weighted by atomic mass is 16.6. The Bertz CT molecular complexity index is 272. The summed E-state index contributed by atoms with van der Waals surface area (Å²) < 4.78 is 5.38. The molecule has 1 amide bonds. The van der Waals surface area contributed by atoms with E-state index in [0.29, 0.717) is 6.04 Å². The Labute approximate surface area is 90.8 Å². The summed E-state index contributed by atoms with van der Waals surface area (Å²) in [5.74, 6) is 0. The Hall–Kier alpha value is -0.770. The van der Waals surface area contributed by atoms with Crippen LogP contribution in [-0.2, 0) is 4.74 Å². The number of fused-ring (bicyclic) bond motifs is 2. The van der Waals surface area contributed by atoms with Crippen LogP contribution in [0.5, 0.6) is 0 Å².